The lowest BCUT2D eigenvalue weighted by Gasteiger charge is -2.10. The molecule has 0 saturated carbocycles. The number of esters is 1. The number of benzene rings is 2. The molecule has 0 unspecified atom stereocenters. The van der Waals surface area contributed by atoms with E-state index in [-0.39, 0.29) is 22.0 Å². The Morgan fingerprint density at radius 3 is 2.62 bits per heavy atom. The number of aryl methyl sites for hydroxylation is 1. The lowest BCUT2D eigenvalue weighted by molar-refractivity contribution is -0.384. The van der Waals surface area contributed by atoms with Gasteiger partial charge in [0.15, 0.2) is 6.61 Å². The highest BCUT2D eigenvalue weighted by atomic mass is 35.5. The van der Waals surface area contributed by atoms with Crippen molar-refractivity contribution in [2.75, 3.05) is 11.9 Å². The van der Waals surface area contributed by atoms with Crippen LogP contribution in [-0.4, -0.2) is 23.4 Å². The average Bonchev–Trinajstić information content (AvgIpc) is 2.58. The largest absolute Gasteiger partial charge is 0.455 e. The fourth-order valence-corrected chi connectivity index (χ4v) is 2.41. The van der Waals surface area contributed by atoms with Gasteiger partial charge in [-0.25, -0.2) is 4.39 Å². The summed E-state index contributed by atoms with van der Waals surface area (Å²) in [5.74, 6) is -2.27. The molecule has 0 aliphatic carbocycles. The van der Waals surface area contributed by atoms with Crippen molar-refractivity contribution < 1.29 is 23.6 Å². The summed E-state index contributed by atoms with van der Waals surface area (Å²) < 4.78 is 18.4. The summed E-state index contributed by atoms with van der Waals surface area (Å²) in [7, 11) is 0. The van der Waals surface area contributed by atoms with Crippen molar-refractivity contribution in [1.82, 2.24) is 0 Å². The molecular weight excluding hydrogens is 367 g/mol. The first kappa shape index (κ1) is 19.3. The molecule has 136 valence electrons. The summed E-state index contributed by atoms with van der Waals surface area (Å²) >= 11 is 5.82. The number of para-hydroxylation sites is 1. The molecule has 2 aromatic carbocycles. The predicted octanol–water partition coefficient (Wildman–Crippen LogP) is 3.42. The lowest BCUT2D eigenvalue weighted by atomic mass is 10.1. The Morgan fingerprint density at radius 2 is 1.96 bits per heavy atom. The van der Waals surface area contributed by atoms with E-state index in [1.54, 1.807) is 13.0 Å². The van der Waals surface area contributed by atoms with E-state index in [2.05, 4.69) is 5.32 Å². The maximum absolute atomic E-state index is 13.6. The van der Waals surface area contributed by atoms with E-state index < -0.39 is 35.6 Å². The zero-order valence-corrected chi connectivity index (χ0v) is 14.4. The Kier molecular flexibility index (Phi) is 6.24. The molecule has 0 aliphatic heterocycles. The van der Waals surface area contributed by atoms with Crippen LogP contribution in [-0.2, 0) is 20.7 Å². The highest BCUT2D eigenvalue weighted by Gasteiger charge is 2.19. The van der Waals surface area contributed by atoms with Gasteiger partial charge < -0.3 is 10.1 Å². The van der Waals surface area contributed by atoms with Crippen LogP contribution in [0.4, 0.5) is 15.8 Å². The molecular formula is C17H14ClFN2O5. The fourth-order valence-electron chi connectivity index (χ4n) is 2.19. The van der Waals surface area contributed by atoms with Crippen molar-refractivity contribution in [3.05, 3.63) is 68.5 Å². The first-order chi connectivity index (χ1) is 12.3. The number of rotatable bonds is 6. The van der Waals surface area contributed by atoms with Gasteiger partial charge in [0.05, 0.1) is 11.3 Å². The highest BCUT2D eigenvalue weighted by molar-refractivity contribution is 6.31. The van der Waals surface area contributed by atoms with Crippen LogP contribution in [0.2, 0.25) is 5.02 Å². The topological polar surface area (TPSA) is 98.5 Å². The van der Waals surface area contributed by atoms with Gasteiger partial charge in [0, 0.05) is 16.7 Å². The van der Waals surface area contributed by atoms with Gasteiger partial charge in [-0.2, -0.15) is 0 Å². The van der Waals surface area contributed by atoms with Crippen LogP contribution in [0.25, 0.3) is 0 Å². The number of hydrogen-bond acceptors (Lipinski definition) is 5. The van der Waals surface area contributed by atoms with Crippen LogP contribution in [0.1, 0.15) is 11.1 Å². The minimum absolute atomic E-state index is 0.0238. The van der Waals surface area contributed by atoms with Gasteiger partial charge in [0.2, 0.25) is 0 Å². The van der Waals surface area contributed by atoms with E-state index in [0.717, 1.165) is 6.07 Å². The molecule has 7 nitrogen and oxygen atoms in total. The highest BCUT2D eigenvalue weighted by Crippen LogP contribution is 2.27. The zero-order chi connectivity index (χ0) is 19.3. The summed E-state index contributed by atoms with van der Waals surface area (Å²) in [6.45, 7) is 0.922. The summed E-state index contributed by atoms with van der Waals surface area (Å²) in [6, 6.07) is 8.30. The van der Waals surface area contributed by atoms with Crippen LogP contribution in [0.3, 0.4) is 0 Å². The number of nitro benzene ring substituents is 1. The molecule has 0 spiro atoms. The molecule has 1 N–H and O–H groups in total. The Balaban J connectivity index is 1.97. The van der Waals surface area contributed by atoms with Crippen molar-refractivity contribution in [3.63, 3.8) is 0 Å². The number of nitrogens with one attached hydrogen (secondary N) is 1. The summed E-state index contributed by atoms with van der Waals surface area (Å²) in [5, 5.41) is 13.4. The number of carbonyl (C=O) groups is 2. The second-order valence-electron chi connectivity index (χ2n) is 5.31. The van der Waals surface area contributed by atoms with E-state index >= 15 is 0 Å². The minimum Gasteiger partial charge on any atom is -0.455 e. The molecule has 26 heavy (non-hydrogen) atoms. The molecule has 0 heterocycles. The number of halogens is 2. The molecule has 1 amide bonds. The van der Waals surface area contributed by atoms with E-state index in [4.69, 9.17) is 16.3 Å². The van der Waals surface area contributed by atoms with Gasteiger partial charge in [-0.3, -0.25) is 19.7 Å². The van der Waals surface area contributed by atoms with Gasteiger partial charge in [-0.15, -0.1) is 0 Å². The number of carbonyl (C=O) groups excluding carboxylic acids is 2. The van der Waals surface area contributed by atoms with Crippen molar-refractivity contribution in [3.8, 4) is 0 Å². The maximum Gasteiger partial charge on any atom is 0.310 e. The molecule has 0 bridgehead atoms. The molecule has 0 atom stereocenters. The third-order valence-corrected chi connectivity index (χ3v) is 3.81. The van der Waals surface area contributed by atoms with Crippen molar-refractivity contribution in [2.24, 2.45) is 0 Å². The SMILES string of the molecule is Cc1cccc([N+](=O)[O-])c1NC(=O)COC(=O)Cc1c(F)cccc1Cl. The second kappa shape index (κ2) is 8.39. The quantitative estimate of drug-likeness (QED) is 0.470. The average molecular weight is 381 g/mol. The normalized spacial score (nSPS) is 10.3. The van der Waals surface area contributed by atoms with Crippen LogP contribution in [0.15, 0.2) is 36.4 Å². The standard InChI is InChI=1S/C17H14ClFN2O5/c1-10-4-2-7-14(21(24)25)17(10)20-15(22)9-26-16(23)8-11-12(18)5-3-6-13(11)19/h2-7H,8-9H2,1H3,(H,20,22). The lowest BCUT2D eigenvalue weighted by Crippen LogP contribution is -2.22. The number of ether oxygens (including phenoxy) is 1. The number of hydrogen-bond donors (Lipinski definition) is 1. The van der Waals surface area contributed by atoms with Gasteiger partial charge in [-0.05, 0) is 24.6 Å². The van der Waals surface area contributed by atoms with Gasteiger partial charge in [-0.1, -0.05) is 29.8 Å². The molecule has 0 radical (unpaired) electrons. The fraction of sp³-hybridized carbons (Fsp3) is 0.176. The van der Waals surface area contributed by atoms with Crippen LogP contribution < -0.4 is 5.32 Å². The summed E-state index contributed by atoms with van der Waals surface area (Å²) in [6.07, 6.45) is -0.441. The number of amides is 1. The maximum atomic E-state index is 13.6. The van der Waals surface area contributed by atoms with E-state index in [1.807, 2.05) is 0 Å². The van der Waals surface area contributed by atoms with Crippen LogP contribution in [0.5, 0.6) is 0 Å². The molecule has 0 fully saturated rings. The first-order valence-electron chi connectivity index (χ1n) is 7.42. The number of anilines is 1. The van der Waals surface area contributed by atoms with Crippen molar-refractivity contribution >= 4 is 34.9 Å². The molecule has 0 aliphatic rings. The van der Waals surface area contributed by atoms with E-state index in [1.165, 1.54) is 24.3 Å². The number of nitrogens with zero attached hydrogens (tertiary/aromatic N) is 1. The van der Waals surface area contributed by atoms with Crippen LogP contribution >= 0.6 is 11.6 Å². The first-order valence-corrected chi connectivity index (χ1v) is 7.79. The van der Waals surface area contributed by atoms with Gasteiger partial charge >= 0.3 is 5.97 Å². The predicted molar refractivity (Wildman–Crippen MR) is 92.5 cm³/mol. The Morgan fingerprint density at radius 1 is 1.27 bits per heavy atom. The minimum atomic E-state index is -0.855. The monoisotopic (exact) mass is 380 g/mol. The summed E-state index contributed by atoms with van der Waals surface area (Å²) in [5.41, 5.74) is 0.199. The zero-order valence-electron chi connectivity index (χ0n) is 13.6. The Labute approximate surface area is 152 Å². The van der Waals surface area contributed by atoms with Crippen LogP contribution in [0, 0.1) is 22.9 Å². The third kappa shape index (κ3) is 4.76. The van der Waals surface area contributed by atoms with Crippen molar-refractivity contribution in [1.29, 1.82) is 0 Å². The van der Waals surface area contributed by atoms with Gasteiger partial charge in [0.25, 0.3) is 11.6 Å². The molecule has 0 saturated heterocycles. The van der Waals surface area contributed by atoms with E-state index in [0.29, 0.717) is 5.56 Å². The molecule has 9 heteroatoms. The van der Waals surface area contributed by atoms with Crippen molar-refractivity contribution in [2.45, 2.75) is 13.3 Å². The third-order valence-electron chi connectivity index (χ3n) is 3.46. The van der Waals surface area contributed by atoms with E-state index in [9.17, 15) is 24.1 Å². The van der Waals surface area contributed by atoms with Gasteiger partial charge in [0.1, 0.15) is 11.5 Å². The molecule has 2 rings (SSSR count). The Bertz CT molecular complexity index is 852. The second-order valence-corrected chi connectivity index (χ2v) is 5.72. The Hall–Kier alpha value is -3.00. The molecule has 2 aromatic rings. The summed E-state index contributed by atoms with van der Waals surface area (Å²) in [4.78, 5) is 34.1. The molecule has 0 aromatic heterocycles. The smallest absolute Gasteiger partial charge is 0.310 e. The number of nitro groups is 1.